The van der Waals surface area contributed by atoms with Crippen LogP contribution in [0.3, 0.4) is 0 Å². The van der Waals surface area contributed by atoms with Crippen LogP contribution < -0.4 is 10.2 Å². The van der Waals surface area contributed by atoms with Crippen LogP contribution in [0.1, 0.15) is 61.3 Å². The number of hydrogen-bond acceptors (Lipinski definition) is 7. The normalized spacial score (nSPS) is 19.8. The van der Waals surface area contributed by atoms with Gasteiger partial charge in [0.25, 0.3) is 0 Å². The average molecular weight is 473 g/mol. The van der Waals surface area contributed by atoms with Crippen molar-refractivity contribution in [3.63, 3.8) is 0 Å². The van der Waals surface area contributed by atoms with Gasteiger partial charge in [-0.1, -0.05) is 12.7 Å². The predicted octanol–water partition coefficient (Wildman–Crippen LogP) is 3.81. The lowest BCUT2D eigenvalue weighted by Gasteiger charge is -2.42. The van der Waals surface area contributed by atoms with Crippen LogP contribution in [0.15, 0.2) is 31.0 Å². The van der Waals surface area contributed by atoms with Crippen LogP contribution in [-0.2, 0) is 4.79 Å². The second-order valence-corrected chi connectivity index (χ2v) is 9.75. The van der Waals surface area contributed by atoms with Crippen molar-refractivity contribution in [2.24, 2.45) is 5.92 Å². The molecule has 2 N–H and O–H groups in total. The van der Waals surface area contributed by atoms with Gasteiger partial charge in [0.1, 0.15) is 17.7 Å². The van der Waals surface area contributed by atoms with Crippen LogP contribution >= 0.6 is 0 Å². The fraction of sp³-hybridized carbons (Fsp3) is 0.481. The molecule has 1 atom stereocenters. The van der Waals surface area contributed by atoms with E-state index >= 15 is 0 Å². The summed E-state index contributed by atoms with van der Waals surface area (Å²) < 4.78 is 0. The van der Waals surface area contributed by atoms with E-state index in [1.165, 1.54) is 0 Å². The Bertz CT molecular complexity index is 1150. The zero-order chi connectivity index (χ0) is 24.4. The third-order valence-electron chi connectivity index (χ3n) is 7.15. The minimum Gasteiger partial charge on any atom is -0.396 e. The fourth-order valence-electron chi connectivity index (χ4n) is 4.96. The first kappa shape index (κ1) is 23.3. The van der Waals surface area contributed by atoms with Crippen LogP contribution in [0.4, 0.5) is 17.3 Å². The van der Waals surface area contributed by atoms with Gasteiger partial charge in [-0.2, -0.15) is 5.26 Å². The molecule has 2 saturated carbocycles. The zero-order valence-electron chi connectivity index (χ0n) is 20.0. The lowest BCUT2D eigenvalue weighted by molar-refractivity contribution is -0.134. The quantitative estimate of drug-likeness (QED) is 0.572. The molecule has 2 aromatic heterocycles. The topological polar surface area (TPSA) is 105 Å². The van der Waals surface area contributed by atoms with E-state index < -0.39 is 0 Å². The summed E-state index contributed by atoms with van der Waals surface area (Å²) in [4.78, 5) is 26.5. The molecule has 0 aromatic carbocycles. The summed E-state index contributed by atoms with van der Waals surface area (Å²) in [7, 11) is 0. The van der Waals surface area contributed by atoms with Gasteiger partial charge in [-0.15, -0.1) is 0 Å². The molecule has 0 radical (unpaired) electrons. The Labute approximate surface area is 206 Å². The van der Waals surface area contributed by atoms with Crippen molar-refractivity contribution in [3.05, 3.63) is 47.8 Å². The van der Waals surface area contributed by atoms with Crippen molar-refractivity contribution in [1.82, 2.24) is 14.9 Å². The van der Waals surface area contributed by atoms with Gasteiger partial charge in [0, 0.05) is 44.8 Å². The number of aliphatic hydroxyl groups excluding tert-OH is 1. The molecule has 0 bridgehead atoms. The summed E-state index contributed by atoms with van der Waals surface area (Å²) in [5.41, 5.74) is 3.32. The minimum absolute atomic E-state index is 0.0347. The SMILES string of the molecule is C=Cc1ccnc(Nc2cc(C#N)c(N3CCN(C(=O)CCCO)C(C4CC4)C3)nc2C2CC2)c1. The largest absolute Gasteiger partial charge is 0.396 e. The number of hydrogen-bond donors (Lipinski definition) is 2. The van der Waals surface area contributed by atoms with Gasteiger partial charge in [0.05, 0.1) is 23.0 Å². The Morgan fingerprint density at radius 1 is 1.29 bits per heavy atom. The van der Waals surface area contributed by atoms with Crippen molar-refractivity contribution in [2.45, 2.75) is 50.5 Å². The summed E-state index contributed by atoms with van der Waals surface area (Å²) in [6, 6.07) is 8.22. The molecule has 1 saturated heterocycles. The standard InChI is InChI=1S/C27H32N6O2/c1-2-18-9-10-29-24(14-18)30-22-15-21(16-28)27(31-26(22)20-7-8-20)32-11-12-33(25(35)4-3-13-34)23(17-32)19-5-6-19/h2,9-10,14-15,19-20,23,34H,1,3-8,11-13,17H2,(H,29,30). The number of carbonyl (C=O) groups is 1. The molecule has 1 unspecified atom stereocenters. The first-order valence-corrected chi connectivity index (χ1v) is 12.6. The lowest BCUT2D eigenvalue weighted by atomic mass is 10.0. The molecular formula is C27H32N6O2. The second-order valence-electron chi connectivity index (χ2n) is 9.75. The number of amides is 1. The van der Waals surface area contributed by atoms with E-state index in [1.54, 1.807) is 12.3 Å². The van der Waals surface area contributed by atoms with Crippen molar-refractivity contribution >= 4 is 29.3 Å². The van der Waals surface area contributed by atoms with E-state index in [2.05, 4.69) is 27.8 Å². The minimum atomic E-state index is 0.0347. The monoisotopic (exact) mass is 472 g/mol. The number of nitrogens with zero attached hydrogens (tertiary/aromatic N) is 5. The molecule has 3 fully saturated rings. The third kappa shape index (κ3) is 5.15. The maximum absolute atomic E-state index is 12.8. The smallest absolute Gasteiger partial charge is 0.223 e. The number of piperazine rings is 1. The van der Waals surface area contributed by atoms with Crippen molar-refractivity contribution in [2.75, 3.05) is 36.5 Å². The van der Waals surface area contributed by atoms with Gasteiger partial charge < -0.3 is 20.2 Å². The maximum atomic E-state index is 12.8. The van der Waals surface area contributed by atoms with Crippen LogP contribution in [0.5, 0.6) is 0 Å². The third-order valence-corrected chi connectivity index (χ3v) is 7.15. The maximum Gasteiger partial charge on any atom is 0.223 e. The second kappa shape index (κ2) is 10.0. The first-order chi connectivity index (χ1) is 17.1. The Kier molecular flexibility index (Phi) is 6.69. The van der Waals surface area contributed by atoms with Crippen molar-refractivity contribution in [1.29, 1.82) is 5.26 Å². The van der Waals surface area contributed by atoms with Gasteiger partial charge in [-0.25, -0.2) is 9.97 Å². The molecule has 2 aliphatic carbocycles. The highest BCUT2D eigenvalue weighted by molar-refractivity contribution is 5.77. The van der Waals surface area contributed by atoms with E-state index in [0.717, 1.165) is 48.4 Å². The number of nitriles is 1. The van der Waals surface area contributed by atoms with Gasteiger partial charge >= 0.3 is 0 Å². The van der Waals surface area contributed by atoms with Gasteiger partial charge in [0.15, 0.2) is 0 Å². The van der Waals surface area contributed by atoms with Crippen molar-refractivity contribution < 1.29 is 9.90 Å². The van der Waals surface area contributed by atoms with Crippen LogP contribution in [0.2, 0.25) is 0 Å². The number of anilines is 3. The Morgan fingerprint density at radius 3 is 2.80 bits per heavy atom. The molecule has 0 spiro atoms. The summed E-state index contributed by atoms with van der Waals surface area (Å²) >= 11 is 0. The molecule has 3 heterocycles. The number of aliphatic hydroxyl groups is 1. The van der Waals surface area contributed by atoms with Gasteiger partial charge in [-0.05, 0) is 61.8 Å². The number of aromatic nitrogens is 2. The van der Waals surface area contributed by atoms with Crippen LogP contribution in [-0.4, -0.2) is 58.2 Å². The summed E-state index contributed by atoms with van der Waals surface area (Å²) in [6.45, 7) is 5.82. The van der Waals surface area contributed by atoms with E-state index in [0.29, 0.717) is 55.7 Å². The molecule has 35 heavy (non-hydrogen) atoms. The molecule has 182 valence electrons. The van der Waals surface area contributed by atoms with E-state index in [-0.39, 0.29) is 18.6 Å². The van der Waals surface area contributed by atoms with Crippen LogP contribution in [0, 0.1) is 17.2 Å². The van der Waals surface area contributed by atoms with Crippen LogP contribution in [0.25, 0.3) is 6.08 Å². The van der Waals surface area contributed by atoms with Gasteiger partial charge in [0.2, 0.25) is 5.91 Å². The number of nitrogens with one attached hydrogen (secondary N) is 1. The average Bonchev–Trinajstić information content (AvgIpc) is 3.80. The Morgan fingerprint density at radius 2 is 2.11 bits per heavy atom. The highest BCUT2D eigenvalue weighted by Gasteiger charge is 2.41. The van der Waals surface area contributed by atoms with Crippen molar-refractivity contribution in [3.8, 4) is 6.07 Å². The van der Waals surface area contributed by atoms with Gasteiger partial charge in [-0.3, -0.25) is 4.79 Å². The molecule has 5 rings (SSSR count). The van der Waals surface area contributed by atoms with E-state index in [4.69, 9.17) is 10.1 Å². The molecular weight excluding hydrogens is 440 g/mol. The molecule has 8 nitrogen and oxygen atoms in total. The Hall–Kier alpha value is -3.44. The zero-order valence-corrected chi connectivity index (χ0v) is 20.0. The molecule has 3 aliphatic rings. The van der Waals surface area contributed by atoms with E-state index in [9.17, 15) is 10.1 Å². The highest BCUT2D eigenvalue weighted by Crippen LogP contribution is 2.45. The van der Waals surface area contributed by atoms with E-state index in [1.807, 2.05) is 23.1 Å². The number of carbonyl (C=O) groups excluding carboxylic acids is 1. The lowest BCUT2D eigenvalue weighted by Crippen LogP contribution is -2.56. The fourth-order valence-corrected chi connectivity index (χ4v) is 4.96. The molecule has 8 heteroatoms. The highest BCUT2D eigenvalue weighted by atomic mass is 16.3. The molecule has 1 amide bonds. The number of rotatable bonds is 9. The first-order valence-electron chi connectivity index (χ1n) is 12.6. The Balaban J connectivity index is 1.42. The summed E-state index contributed by atoms with van der Waals surface area (Å²) in [5.74, 6) is 2.43. The molecule has 2 aromatic rings. The predicted molar refractivity (Wildman–Crippen MR) is 135 cm³/mol. The molecule has 1 aliphatic heterocycles. The summed E-state index contributed by atoms with van der Waals surface area (Å²) in [5, 5.41) is 22.6. The summed E-state index contributed by atoms with van der Waals surface area (Å²) in [6.07, 6.45) is 8.84. The number of pyridine rings is 2.